The van der Waals surface area contributed by atoms with E-state index in [-0.39, 0.29) is 5.12 Å². The van der Waals surface area contributed by atoms with E-state index in [0.29, 0.717) is 23.1 Å². The normalized spacial score (nSPS) is 15.2. The molecule has 2 aromatic carbocycles. The van der Waals surface area contributed by atoms with Crippen LogP contribution in [0.2, 0.25) is 5.02 Å². The lowest BCUT2D eigenvalue weighted by atomic mass is 10.1. The van der Waals surface area contributed by atoms with Crippen LogP contribution in [0.15, 0.2) is 71.9 Å². The van der Waals surface area contributed by atoms with E-state index < -0.39 is 0 Å². The van der Waals surface area contributed by atoms with Gasteiger partial charge in [-0.2, -0.15) is 0 Å². The zero-order chi connectivity index (χ0) is 18.4. The van der Waals surface area contributed by atoms with Crippen molar-refractivity contribution in [2.24, 2.45) is 4.99 Å². The van der Waals surface area contributed by atoms with Gasteiger partial charge < -0.3 is 4.74 Å². The zero-order valence-electron chi connectivity index (χ0n) is 13.9. The molecule has 2 aromatic rings. The number of carbonyl (C=O) groups excluding carboxylic acids is 1. The molecule has 0 spiro atoms. The fourth-order valence-corrected chi connectivity index (χ4v) is 4.01. The van der Waals surface area contributed by atoms with Crippen LogP contribution >= 0.6 is 35.1 Å². The maximum Gasteiger partial charge on any atom is 0.244 e. The minimum atomic E-state index is -0.0782. The van der Waals surface area contributed by atoms with Crippen LogP contribution in [0.3, 0.4) is 0 Å². The van der Waals surface area contributed by atoms with Crippen LogP contribution in [0.25, 0.3) is 6.08 Å². The number of rotatable bonds is 6. The second-order valence-electron chi connectivity index (χ2n) is 5.35. The molecule has 0 unspecified atom stereocenters. The third-order valence-corrected chi connectivity index (χ3v) is 5.67. The largest absolute Gasteiger partial charge is 0.488 e. The zero-order valence-corrected chi connectivity index (χ0v) is 16.2. The lowest BCUT2D eigenvalue weighted by Gasteiger charge is -2.10. The SMILES string of the molecule is C=CCSC1=N/C(=C\c2cc(Cl)ccc2OCc2ccccc2)C(=O)S1. The van der Waals surface area contributed by atoms with Gasteiger partial charge in [0.05, 0.1) is 0 Å². The molecule has 0 aliphatic carbocycles. The van der Waals surface area contributed by atoms with Crippen LogP contribution in [-0.4, -0.2) is 15.2 Å². The minimum absolute atomic E-state index is 0.0782. The number of nitrogens with zero attached hydrogens (tertiary/aromatic N) is 1. The van der Waals surface area contributed by atoms with E-state index in [9.17, 15) is 4.79 Å². The van der Waals surface area contributed by atoms with Crippen molar-refractivity contribution in [2.75, 3.05) is 5.75 Å². The Morgan fingerprint density at radius 1 is 1.23 bits per heavy atom. The van der Waals surface area contributed by atoms with Gasteiger partial charge in [0.25, 0.3) is 0 Å². The van der Waals surface area contributed by atoms with Crippen LogP contribution in [0, 0.1) is 0 Å². The fourth-order valence-electron chi connectivity index (χ4n) is 2.23. The van der Waals surface area contributed by atoms with Gasteiger partial charge in [0.2, 0.25) is 5.12 Å². The molecule has 132 valence electrons. The number of aliphatic imine (C=N–C) groups is 1. The average Bonchev–Trinajstić information content (AvgIpc) is 2.99. The Morgan fingerprint density at radius 3 is 2.81 bits per heavy atom. The molecule has 3 nitrogen and oxygen atoms in total. The van der Waals surface area contributed by atoms with Gasteiger partial charge in [-0.3, -0.25) is 4.79 Å². The lowest BCUT2D eigenvalue weighted by molar-refractivity contribution is -0.107. The van der Waals surface area contributed by atoms with Gasteiger partial charge in [-0.1, -0.05) is 59.8 Å². The van der Waals surface area contributed by atoms with Gasteiger partial charge in [0, 0.05) is 16.3 Å². The van der Waals surface area contributed by atoms with Gasteiger partial charge in [-0.15, -0.1) is 6.58 Å². The van der Waals surface area contributed by atoms with Gasteiger partial charge in [-0.25, -0.2) is 4.99 Å². The van der Waals surface area contributed by atoms with Crippen LogP contribution < -0.4 is 4.74 Å². The first-order chi connectivity index (χ1) is 12.7. The molecule has 0 N–H and O–H groups in total. The van der Waals surface area contributed by atoms with E-state index >= 15 is 0 Å². The number of hydrogen-bond donors (Lipinski definition) is 0. The maximum absolute atomic E-state index is 12.2. The van der Waals surface area contributed by atoms with Crippen molar-refractivity contribution in [1.82, 2.24) is 0 Å². The van der Waals surface area contributed by atoms with Crippen molar-refractivity contribution in [3.63, 3.8) is 0 Å². The summed E-state index contributed by atoms with van der Waals surface area (Å²) in [6, 6.07) is 15.2. The summed E-state index contributed by atoms with van der Waals surface area (Å²) in [6.07, 6.45) is 3.51. The van der Waals surface area contributed by atoms with Crippen molar-refractivity contribution in [1.29, 1.82) is 0 Å². The van der Waals surface area contributed by atoms with Crippen molar-refractivity contribution >= 4 is 50.7 Å². The van der Waals surface area contributed by atoms with Crippen LogP contribution in [-0.2, 0) is 11.4 Å². The molecule has 1 heterocycles. The van der Waals surface area contributed by atoms with E-state index in [4.69, 9.17) is 16.3 Å². The Balaban J connectivity index is 1.82. The summed E-state index contributed by atoms with van der Waals surface area (Å²) in [6.45, 7) is 4.11. The van der Waals surface area contributed by atoms with Gasteiger partial charge in [0.15, 0.2) is 0 Å². The van der Waals surface area contributed by atoms with E-state index in [1.165, 1.54) is 11.8 Å². The molecule has 1 aliphatic rings. The summed E-state index contributed by atoms with van der Waals surface area (Å²) in [5.41, 5.74) is 2.19. The third kappa shape index (κ3) is 5.04. The van der Waals surface area contributed by atoms with E-state index in [2.05, 4.69) is 11.6 Å². The highest BCUT2D eigenvalue weighted by atomic mass is 35.5. The van der Waals surface area contributed by atoms with E-state index in [1.54, 1.807) is 30.4 Å². The molecule has 3 rings (SSSR count). The molecule has 0 fully saturated rings. The molecule has 0 saturated carbocycles. The van der Waals surface area contributed by atoms with E-state index in [0.717, 1.165) is 33.0 Å². The lowest BCUT2D eigenvalue weighted by Crippen LogP contribution is -1.97. The summed E-state index contributed by atoms with van der Waals surface area (Å²) in [4.78, 5) is 16.6. The Labute approximate surface area is 166 Å². The Kier molecular flexibility index (Phi) is 6.61. The van der Waals surface area contributed by atoms with Gasteiger partial charge in [0.1, 0.15) is 22.4 Å². The number of halogens is 1. The second kappa shape index (κ2) is 9.12. The van der Waals surface area contributed by atoms with Gasteiger partial charge in [-0.05, 0) is 41.6 Å². The quantitative estimate of drug-likeness (QED) is 0.452. The predicted octanol–water partition coefficient (Wildman–Crippen LogP) is 5.81. The van der Waals surface area contributed by atoms with Crippen LogP contribution in [0.5, 0.6) is 5.75 Å². The molecule has 0 saturated heterocycles. The second-order valence-corrected chi connectivity index (χ2v) is 8.02. The fraction of sp³-hybridized carbons (Fsp3) is 0.100. The molecule has 26 heavy (non-hydrogen) atoms. The highest BCUT2D eigenvalue weighted by Gasteiger charge is 2.22. The highest BCUT2D eigenvalue weighted by Crippen LogP contribution is 2.33. The third-order valence-electron chi connectivity index (χ3n) is 3.43. The standard InChI is InChI=1S/C20H16ClNO2S2/c1-2-10-25-20-22-17(19(23)26-20)12-15-11-16(21)8-9-18(15)24-13-14-6-4-3-5-7-14/h2-9,11-12H,1,10,13H2/b17-12-. The molecular formula is C20H16ClNO2S2. The Morgan fingerprint density at radius 2 is 2.04 bits per heavy atom. The number of thioether (sulfide) groups is 2. The molecular weight excluding hydrogens is 386 g/mol. The summed E-state index contributed by atoms with van der Waals surface area (Å²) in [5.74, 6) is 1.38. The summed E-state index contributed by atoms with van der Waals surface area (Å²) >= 11 is 8.76. The Bertz CT molecular complexity index is 879. The molecule has 6 heteroatoms. The summed E-state index contributed by atoms with van der Waals surface area (Å²) < 4.78 is 6.66. The first kappa shape index (κ1) is 18.8. The maximum atomic E-state index is 12.2. The van der Waals surface area contributed by atoms with Crippen molar-refractivity contribution in [3.8, 4) is 5.75 Å². The molecule has 0 radical (unpaired) electrons. The highest BCUT2D eigenvalue weighted by molar-refractivity contribution is 8.45. The first-order valence-corrected chi connectivity index (χ1v) is 10.1. The molecule has 0 atom stereocenters. The first-order valence-electron chi connectivity index (χ1n) is 7.88. The molecule has 0 bridgehead atoms. The van der Waals surface area contributed by atoms with Crippen molar-refractivity contribution < 1.29 is 9.53 Å². The smallest absolute Gasteiger partial charge is 0.244 e. The number of carbonyl (C=O) groups is 1. The Hall–Kier alpha value is -1.95. The summed E-state index contributed by atoms with van der Waals surface area (Å²) in [7, 11) is 0. The van der Waals surface area contributed by atoms with Crippen LogP contribution in [0.1, 0.15) is 11.1 Å². The van der Waals surface area contributed by atoms with E-state index in [1.807, 2.05) is 30.3 Å². The molecule has 0 aromatic heterocycles. The topological polar surface area (TPSA) is 38.7 Å². The van der Waals surface area contributed by atoms with Gasteiger partial charge >= 0.3 is 0 Å². The van der Waals surface area contributed by atoms with Crippen molar-refractivity contribution in [2.45, 2.75) is 6.61 Å². The number of benzene rings is 2. The van der Waals surface area contributed by atoms with Crippen molar-refractivity contribution in [3.05, 3.63) is 83.0 Å². The van der Waals surface area contributed by atoms with Crippen LogP contribution in [0.4, 0.5) is 0 Å². The number of hydrogen-bond acceptors (Lipinski definition) is 5. The number of ether oxygens (including phenoxy) is 1. The predicted molar refractivity (Wildman–Crippen MR) is 113 cm³/mol. The molecule has 0 amide bonds. The summed E-state index contributed by atoms with van der Waals surface area (Å²) in [5, 5.41) is 0.498. The monoisotopic (exact) mass is 401 g/mol. The minimum Gasteiger partial charge on any atom is -0.488 e. The average molecular weight is 402 g/mol. The molecule has 1 aliphatic heterocycles.